The van der Waals surface area contributed by atoms with Gasteiger partial charge in [-0.15, -0.1) is 0 Å². The normalized spacial score (nSPS) is 15.6. The molecule has 0 saturated carbocycles. The number of aromatic nitrogens is 4. The van der Waals surface area contributed by atoms with Crippen molar-refractivity contribution in [2.75, 3.05) is 81.0 Å². The smallest absolute Gasteiger partial charge is 0.176 e. The van der Waals surface area contributed by atoms with Crippen LogP contribution in [0.15, 0.2) is 121 Å². The number of hydrogen-bond donors (Lipinski definition) is 2. The van der Waals surface area contributed by atoms with E-state index in [9.17, 15) is 0 Å². The number of H-pyrrole nitrogens is 2. The molecule has 12 nitrogen and oxygen atoms in total. The Morgan fingerprint density at radius 2 is 0.537 bits per heavy atom. The summed E-state index contributed by atoms with van der Waals surface area (Å²) in [7, 11) is -4.94. The second kappa shape index (κ2) is 24.0. The quantitative estimate of drug-likeness (QED) is 0.0709. The second-order valence-corrected chi connectivity index (χ2v) is 33.3. The second-order valence-electron chi connectivity index (χ2n) is 21.6. The van der Waals surface area contributed by atoms with Crippen LogP contribution in [-0.2, 0) is 18.3 Å². The molecule has 4 atom stereocenters. The fourth-order valence-corrected chi connectivity index (χ4v) is 19.1. The summed E-state index contributed by atoms with van der Waals surface area (Å²) in [5, 5.41) is 2.83. The number of fused-ring (bicyclic) bond motifs is 8. The molecule has 9 rings (SSSR count). The van der Waals surface area contributed by atoms with Gasteiger partial charge in [0.15, 0.2) is 29.2 Å². The summed E-state index contributed by atoms with van der Waals surface area (Å²) < 4.78 is 69.3. The van der Waals surface area contributed by atoms with Crippen molar-refractivity contribution in [3.05, 3.63) is 144 Å². The van der Waals surface area contributed by atoms with E-state index in [4.69, 9.17) is 9.97 Å². The monoisotopic (exact) mass is 1150 g/mol. The summed E-state index contributed by atoms with van der Waals surface area (Å²) in [6, 6.07) is 40.0. The van der Waals surface area contributed by atoms with Gasteiger partial charge in [0.1, 0.15) is 0 Å². The first-order valence-electron chi connectivity index (χ1n) is 27.9. The molecule has 0 aliphatic carbocycles. The zero-order chi connectivity index (χ0) is 57.3. The lowest BCUT2D eigenvalue weighted by molar-refractivity contribution is 0.478. The van der Waals surface area contributed by atoms with Gasteiger partial charge in [-0.3, -0.25) is 18.7 Å². The summed E-state index contributed by atoms with van der Waals surface area (Å²) in [5.74, 6) is 0. The van der Waals surface area contributed by atoms with Crippen LogP contribution in [0, 0.1) is 0 Å². The highest BCUT2D eigenvalue weighted by Crippen LogP contribution is 2.52. The highest BCUT2D eigenvalue weighted by Gasteiger charge is 2.34. The predicted octanol–water partition coefficient (Wildman–Crippen LogP) is 14.8. The van der Waals surface area contributed by atoms with E-state index in [0.29, 0.717) is 70.2 Å². The van der Waals surface area contributed by atoms with E-state index < -0.39 is 29.2 Å². The van der Waals surface area contributed by atoms with E-state index in [-0.39, 0.29) is 0 Å². The van der Waals surface area contributed by atoms with Gasteiger partial charge in [-0.25, -0.2) is 9.97 Å². The van der Waals surface area contributed by atoms with Gasteiger partial charge in [0.05, 0.1) is 22.8 Å². The molecule has 2 N–H and O–H groups in total. The molecule has 0 amide bonds. The number of aromatic amines is 2. The maximum absolute atomic E-state index is 15.4. The van der Waals surface area contributed by atoms with Crippen molar-refractivity contribution in [3.63, 3.8) is 0 Å². The molecule has 80 heavy (non-hydrogen) atoms. The maximum Gasteiger partial charge on any atom is 0.176 e. The van der Waals surface area contributed by atoms with Crippen LogP contribution in [0.1, 0.15) is 76.2 Å². The van der Waals surface area contributed by atoms with Gasteiger partial charge in [-0.05, 0) is 149 Å². The molecule has 0 radical (unpaired) electrons. The lowest BCUT2D eigenvalue weighted by atomic mass is 10.0. The van der Waals surface area contributed by atoms with Gasteiger partial charge < -0.3 is 28.2 Å². The minimum absolute atomic E-state index is 0.640. The van der Waals surface area contributed by atoms with Gasteiger partial charge >= 0.3 is 0 Å². The van der Waals surface area contributed by atoms with E-state index in [1.54, 1.807) is 0 Å². The van der Waals surface area contributed by atoms with E-state index >= 15 is 18.3 Å². The highest BCUT2D eigenvalue weighted by atomic mass is 31.2. The average Bonchev–Trinajstić information content (AvgIpc) is 4.33. The Labute approximate surface area is 474 Å². The van der Waals surface area contributed by atoms with Crippen molar-refractivity contribution in [2.45, 2.75) is 53.4 Å². The lowest BCUT2D eigenvalue weighted by Gasteiger charge is -2.27. The minimum Gasteiger partial charge on any atom is -0.354 e. The zero-order valence-corrected chi connectivity index (χ0v) is 52.2. The fraction of sp³-hybridized carbons (Fsp3) is 0.312. The third-order valence-corrected chi connectivity index (χ3v) is 27.2. The van der Waals surface area contributed by atoms with Crippen LogP contribution in [0.3, 0.4) is 0 Å². The molecule has 16 heteroatoms. The maximum atomic E-state index is 15.4. The van der Waals surface area contributed by atoms with Crippen molar-refractivity contribution in [3.8, 4) is 44.5 Å². The number of benzene rings is 4. The van der Waals surface area contributed by atoms with E-state index in [0.717, 1.165) is 92.3 Å². The SMILES string of the molecule is CCCN(C)P(C)(=O)c1ccccc1-c1c2nc(c(-c3ccccc3P(C)(=O)N(C)CCC)c3ccc([nH]3)c(-c3ccccc3P(C)(=O)N(C)CCC)c3nc(c(-c4ccccc4P(C)(=O)N(C)CCC)c4ccc1[nH]4)C=C3)C=C2. The summed E-state index contributed by atoms with van der Waals surface area (Å²) in [6.07, 6.45) is 11.4. The summed E-state index contributed by atoms with van der Waals surface area (Å²) in [6.45, 7) is 18.3. The zero-order valence-electron chi connectivity index (χ0n) is 48.6. The van der Waals surface area contributed by atoms with Gasteiger partial charge in [0.2, 0.25) is 0 Å². The number of nitrogens with zero attached hydrogens (tertiary/aromatic N) is 6. The van der Waals surface area contributed by atoms with Gasteiger partial charge in [0, 0.05) is 118 Å². The Balaban J connectivity index is 1.52. The van der Waals surface area contributed by atoms with E-state index in [2.05, 4.69) is 61.9 Å². The van der Waals surface area contributed by atoms with Crippen LogP contribution >= 0.6 is 29.2 Å². The molecule has 3 aromatic heterocycles. The molecule has 4 aromatic carbocycles. The molecule has 418 valence electrons. The summed E-state index contributed by atoms with van der Waals surface area (Å²) in [5.41, 5.74) is 11.6. The number of rotatable bonds is 20. The van der Waals surface area contributed by atoms with Gasteiger partial charge in [-0.2, -0.15) is 0 Å². The fourth-order valence-electron chi connectivity index (χ4n) is 11.3. The number of nitrogens with one attached hydrogen (secondary N) is 2. The first-order chi connectivity index (χ1) is 38.2. The number of hydrogen-bond acceptors (Lipinski definition) is 6. The van der Waals surface area contributed by atoms with Crippen LogP contribution in [0.2, 0.25) is 0 Å². The van der Waals surface area contributed by atoms with Crippen LogP contribution in [0.5, 0.6) is 0 Å². The van der Waals surface area contributed by atoms with E-state index in [1.807, 2.05) is 195 Å². The molecule has 2 aliphatic heterocycles. The molecule has 0 spiro atoms. The molecule has 0 fully saturated rings. The van der Waals surface area contributed by atoms with Crippen molar-refractivity contribution >= 4 is 96.8 Å². The molecule has 8 bridgehead atoms. The third kappa shape index (κ3) is 11.0. The summed E-state index contributed by atoms with van der Waals surface area (Å²) >= 11 is 0. The van der Waals surface area contributed by atoms with Crippen LogP contribution < -0.4 is 21.2 Å². The van der Waals surface area contributed by atoms with Crippen LogP contribution in [-0.4, -0.2) is 120 Å². The lowest BCUT2D eigenvalue weighted by Crippen LogP contribution is -2.24. The first-order valence-corrected chi connectivity index (χ1v) is 36.4. The first kappa shape index (κ1) is 58.9. The Morgan fingerprint density at radius 1 is 0.338 bits per heavy atom. The Bertz CT molecular complexity index is 3440. The Kier molecular flexibility index (Phi) is 17.7. The minimum atomic E-state index is -3.17. The van der Waals surface area contributed by atoms with Crippen molar-refractivity contribution < 1.29 is 18.3 Å². The van der Waals surface area contributed by atoms with Crippen LogP contribution in [0.25, 0.3) is 90.9 Å². The molecular formula is C64H78N8O4P4. The van der Waals surface area contributed by atoms with E-state index in [1.165, 1.54) is 0 Å². The summed E-state index contributed by atoms with van der Waals surface area (Å²) in [4.78, 5) is 19.0. The third-order valence-electron chi connectivity index (χ3n) is 16.0. The molecular weight excluding hydrogens is 1070 g/mol. The molecule has 5 heterocycles. The highest BCUT2D eigenvalue weighted by molar-refractivity contribution is 7.70. The molecule has 0 saturated heterocycles. The van der Waals surface area contributed by atoms with Gasteiger partial charge in [0.25, 0.3) is 0 Å². The molecule has 2 aliphatic rings. The van der Waals surface area contributed by atoms with Crippen molar-refractivity contribution in [2.24, 2.45) is 0 Å². The predicted molar refractivity (Wildman–Crippen MR) is 345 cm³/mol. The van der Waals surface area contributed by atoms with Crippen molar-refractivity contribution in [1.29, 1.82) is 0 Å². The van der Waals surface area contributed by atoms with Gasteiger partial charge in [-0.1, -0.05) is 100 Å². The standard InChI is InChI=1S/C64H78N8O4P4/c1-13-41-69(5)77(9,73)57-29-21-17-25-45(57)61-49-33-35-51(65-49)62(46-26-18-22-30-58(46)78(10,74)70(6)42-14-2)53-37-39-55(67-53)64(48-28-20-24-32-60(48)80(12,76)72(8)44-16-4)56-40-38-54(68-56)63(52-36-34-50(61)66-52)47-27-19-23-31-59(47)79(11,75)71(7)43-15-3/h17-40,65,68H,13-16,41-44H2,1-12H3. The van der Waals surface area contributed by atoms with Crippen LogP contribution in [0.4, 0.5) is 0 Å². The van der Waals surface area contributed by atoms with Crippen molar-refractivity contribution in [1.82, 2.24) is 38.6 Å². The topological polar surface area (TPSA) is 139 Å². The molecule has 4 unspecified atom stereocenters. The average molecular weight is 1150 g/mol. The molecule has 7 aromatic rings. The Morgan fingerprint density at radius 3 is 0.738 bits per heavy atom. The Hall–Kier alpha value is -5.76. The largest absolute Gasteiger partial charge is 0.354 e.